The first-order valence-electron chi connectivity index (χ1n) is 11.0. The number of benzene rings is 4. The van der Waals surface area contributed by atoms with Crippen LogP contribution in [0.4, 0.5) is 17.6 Å². The van der Waals surface area contributed by atoms with E-state index in [1.807, 2.05) is 0 Å². The van der Waals surface area contributed by atoms with Crippen LogP contribution >= 0.6 is 0 Å². The van der Waals surface area contributed by atoms with Crippen molar-refractivity contribution in [2.75, 3.05) is 6.61 Å². The second-order valence-electron chi connectivity index (χ2n) is 7.78. The predicted molar refractivity (Wildman–Crippen MR) is 134 cm³/mol. The molecule has 0 unspecified atom stereocenters. The molecule has 0 aliphatic heterocycles. The number of halogens is 4. The van der Waals surface area contributed by atoms with E-state index in [1.165, 1.54) is 30.3 Å². The van der Waals surface area contributed by atoms with Gasteiger partial charge < -0.3 is 4.74 Å². The summed E-state index contributed by atoms with van der Waals surface area (Å²) in [6.45, 7) is 5.60. The smallest absolute Gasteiger partial charge is 0.201 e. The van der Waals surface area contributed by atoms with Gasteiger partial charge in [0.2, 0.25) is 5.82 Å². The van der Waals surface area contributed by atoms with Crippen molar-refractivity contribution >= 4 is 18.2 Å². The van der Waals surface area contributed by atoms with Crippen LogP contribution in [0.5, 0.6) is 5.75 Å². The van der Waals surface area contributed by atoms with Crippen molar-refractivity contribution in [2.24, 2.45) is 0 Å². The van der Waals surface area contributed by atoms with Gasteiger partial charge in [-0.25, -0.2) is 13.2 Å². The third kappa shape index (κ3) is 5.04. The van der Waals surface area contributed by atoms with Gasteiger partial charge >= 0.3 is 0 Å². The maximum atomic E-state index is 14.7. The summed E-state index contributed by atoms with van der Waals surface area (Å²) in [4.78, 5) is 0. The van der Waals surface area contributed by atoms with Gasteiger partial charge in [0.25, 0.3) is 0 Å². The Labute approximate surface area is 201 Å². The molecule has 5 heteroatoms. The van der Waals surface area contributed by atoms with Gasteiger partial charge in [-0.15, -0.1) is 0 Å². The molecule has 176 valence electrons. The minimum Gasteiger partial charge on any atom is -0.491 e. The molecule has 0 aromatic heterocycles. The molecule has 0 spiro atoms. The predicted octanol–water partition coefficient (Wildman–Crippen LogP) is 8.79. The molecular weight excluding hydrogens is 452 g/mol. The van der Waals surface area contributed by atoms with E-state index in [0.717, 1.165) is 5.56 Å². The van der Waals surface area contributed by atoms with E-state index in [9.17, 15) is 17.6 Å². The summed E-state index contributed by atoms with van der Waals surface area (Å²) in [6, 6.07) is 19.5. The molecule has 0 fully saturated rings. The van der Waals surface area contributed by atoms with Crippen molar-refractivity contribution in [3.63, 3.8) is 0 Å². The Balaban J connectivity index is 1.55. The summed E-state index contributed by atoms with van der Waals surface area (Å²) >= 11 is 0. The zero-order valence-corrected chi connectivity index (χ0v) is 19.0. The molecule has 1 nitrogen and oxygen atoms in total. The first kappa shape index (κ1) is 24.0. The van der Waals surface area contributed by atoms with Crippen LogP contribution in [0.2, 0.25) is 0 Å². The standard InChI is InChI=1S/C30H22F4O/c1-3-19-5-10-21(11-6-19)24-16-15-23(27(31)28(24)32)14-9-20-7-12-22(13-8-20)25-17-18-26(35-4-2)30(34)29(25)33/h3,5-18H,1,4H2,2H3/b14-9+. The lowest BCUT2D eigenvalue weighted by Gasteiger charge is -2.09. The first-order chi connectivity index (χ1) is 16.9. The SMILES string of the molecule is C=Cc1ccc(-c2ccc(/C=C/c3ccc(-c4ccc(OCC)c(F)c4F)cc3)c(F)c2F)cc1. The van der Waals surface area contributed by atoms with Crippen molar-refractivity contribution < 1.29 is 22.3 Å². The third-order valence-electron chi connectivity index (χ3n) is 5.59. The molecule has 0 saturated carbocycles. The van der Waals surface area contributed by atoms with Crippen LogP contribution in [0, 0.1) is 23.3 Å². The average molecular weight is 474 g/mol. The molecule has 4 rings (SSSR count). The van der Waals surface area contributed by atoms with E-state index >= 15 is 0 Å². The molecular formula is C30H22F4O. The van der Waals surface area contributed by atoms with Crippen LogP contribution in [0.1, 0.15) is 23.6 Å². The third-order valence-corrected chi connectivity index (χ3v) is 5.59. The van der Waals surface area contributed by atoms with E-state index in [4.69, 9.17) is 4.74 Å². The van der Waals surface area contributed by atoms with Gasteiger partial charge in [-0.3, -0.25) is 0 Å². The highest BCUT2D eigenvalue weighted by Gasteiger charge is 2.16. The quantitative estimate of drug-likeness (QED) is 0.192. The van der Waals surface area contributed by atoms with Crippen LogP contribution < -0.4 is 4.74 Å². The second kappa shape index (κ2) is 10.4. The fourth-order valence-electron chi connectivity index (χ4n) is 3.70. The summed E-state index contributed by atoms with van der Waals surface area (Å²) in [6.07, 6.45) is 4.76. The molecule has 0 aliphatic rings. The highest BCUT2D eigenvalue weighted by Crippen LogP contribution is 2.31. The van der Waals surface area contributed by atoms with Crippen molar-refractivity contribution in [2.45, 2.75) is 6.92 Å². The van der Waals surface area contributed by atoms with Gasteiger partial charge in [0, 0.05) is 16.7 Å². The van der Waals surface area contributed by atoms with Gasteiger partial charge in [0.05, 0.1) is 6.61 Å². The zero-order valence-electron chi connectivity index (χ0n) is 19.0. The maximum Gasteiger partial charge on any atom is 0.201 e. The highest BCUT2D eigenvalue weighted by molar-refractivity contribution is 5.75. The van der Waals surface area contributed by atoms with Gasteiger partial charge in [0.15, 0.2) is 23.2 Å². The van der Waals surface area contributed by atoms with Gasteiger partial charge in [-0.05, 0) is 41.3 Å². The Bertz CT molecular complexity index is 1390. The Hall–Kier alpha value is -4.12. The fraction of sp³-hybridized carbons (Fsp3) is 0.0667. The molecule has 0 atom stereocenters. The van der Waals surface area contributed by atoms with Crippen molar-refractivity contribution in [3.05, 3.63) is 119 Å². The lowest BCUT2D eigenvalue weighted by Crippen LogP contribution is -1.98. The molecule has 0 bridgehead atoms. The van der Waals surface area contributed by atoms with Crippen molar-refractivity contribution in [1.29, 1.82) is 0 Å². The lowest BCUT2D eigenvalue weighted by molar-refractivity contribution is 0.314. The Morgan fingerprint density at radius 3 is 1.74 bits per heavy atom. The lowest BCUT2D eigenvalue weighted by atomic mass is 10.00. The monoisotopic (exact) mass is 474 g/mol. The number of hydrogen-bond acceptors (Lipinski definition) is 1. The summed E-state index contributed by atoms with van der Waals surface area (Å²) in [5.74, 6) is -4.04. The van der Waals surface area contributed by atoms with Gasteiger partial charge in [-0.1, -0.05) is 85.5 Å². The van der Waals surface area contributed by atoms with Gasteiger partial charge in [0.1, 0.15) is 0 Å². The molecule has 35 heavy (non-hydrogen) atoms. The summed E-state index contributed by atoms with van der Waals surface area (Å²) < 4.78 is 63.2. The molecule has 0 N–H and O–H groups in total. The summed E-state index contributed by atoms with van der Waals surface area (Å²) in [7, 11) is 0. The number of rotatable bonds is 7. The molecule has 0 amide bonds. The van der Waals surface area contributed by atoms with Crippen LogP contribution in [-0.4, -0.2) is 6.61 Å². The van der Waals surface area contributed by atoms with Crippen molar-refractivity contribution in [1.82, 2.24) is 0 Å². The van der Waals surface area contributed by atoms with Crippen LogP contribution in [0.3, 0.4) is 0 Å². The molecule has 4 aromatic carbocycles. The largest absolute Gasteiger partial charge is 0.491 e. The fourth-order valence-corrected chi connectivity index (χ4v) is 3.70. The minimum absolute atomic E-state index is 0.0951. The van der Waals surface area contributed by atoms with Crippen LogP contribution in [0.25, 0.3) is 40.5 Å². The Kier molecular flexibility index (Phi) is 7.16. The molecule has 0 saturated heterocycles. The second-order valence-corrected chi connectivity index (χ2v) is 7.78. The number of hydrogen-bond donors (Lipinski definition) is 0. The van der Waals surface area contributed by atoms with Gasteiger partial charge in [-0.2, -0.15) is 4.39 Å². The van der Waals surface area contributed by atoms with Crippen LogP contribution in [-0.2, 0) is 0 Å². The molecule has 4 aromatic rings. The minimum atomic E-state index is -1.04. The topological polar surface area (TPSA) is 9.23 Å². The van der Waals surface area contributed by atoms with E-state index in [0.29, 0.717) is 16.7 Å². The van der Waals surface area contributed by atoms with Crippen LogP contribution in [0.15, 0.2) is 79.4 Å². The molecule has 0 aliphatic carbocycles. The molecule has 0 radical (unpaired) electrons. The van der Waals surface area contributed by atoms with Crippen molar-refractivity contribution in [3.8, 4) is 28.0 Å². The normalized spacial score (nSPS) is 11.1. The van der Waals surface area contributed by atoms with E-state index in [2.05, 4.69) is 6.58 Å². The highest BCUT2D eigenvalue weighted by atomic mass is 19.2. The van der Waals surface area contributed by atoms with E-state index in [-0.39, 0.29) is 29.0 Å². The summed E-state index contributed by atoms with van der Waals surface area (Å²) in [5, 5.41) is 0. The molecule has 0 heterocycles. The zero-order chi connectivity index (χ0) is 24.9. The van der Waals surface area contributed by atoms with E-state index < -0.39 is 23.3 Å². The number of ether oxygens (including phenoxy) is 1. The Morgan fingerprint density at radius 1 is 0.629 bits per heavy atom. The average Bonchev–Trinajstić information content (AvgIpc) is 2.88. The summed E-state index contributed by atoms with van der Waals surface area (Å²) in [5.41, 5.74) is 2.98. The van der Waals surface area contributed by atoms with E-state index in [1.54, 1.807) is 67.6 Å². The first-order valence-corrected chi connectivity index (χ1v) is 11.0. The Morgan fingerprint density at radius 2 is 1.17 bits per heavy atom. The maximum absolute atomic E-state index is 14.7.